The molecule has 1 atom stereocenters. The van der Waals surface area contributed by atoms with Gasteiger partial charge < -0.3 is 5.32 Å². The lowest BCUT2D eigenvalue weighted by Crippen LogP contribution is -2.27. The minimum atomic E-state index is 0.629. The molecule has 1 unspecified atom stereocenters. The maximum Gasteiger partial charge on any atom is 0.0161 e. The fraction of sp³-hybridized carbons (Fsp3) is 0.818. The first-order valence-corrected chi connectivity index (χ1v) is 4.90. The molecule has 12 heavy (non-hydrogen) atoms. The fourth-order valence-corrected chi connectivity index (χ4v) is 1.03. The van der Waals surface area contributed by atoms with Gasteiger partial charge in [0.15, 0.2) is 0 Å². The van der Waals surface area contributed by atoms with Gasteiger partial charge in [-0.2, -0.15) is 0 Å². The summed E-state index contributed by atoms with van der Waals surface area (Å²) < 4.78 is 0. The maximum absolute atomic E-state index is 3.86. The summed E-state index contributed by atoms with van der Waals surface area (Å²) in [6.07, 6.45) is 2.58. The minimum Gasteiger partial charge on any atom is -0.311 e. The number of nitrogens with one attached hydrogen (secondary N) is 1. The van der Waals surface area contributed by atoms with E-state index in [0.717, 1.165) is 12.5 Å². The topological polar surface area (TPSA) is 12.0 Å². The van der Waals surface area contributed by atoms with Gasteiger partial charge in [0.25, 0.3) is 0 Å². The zero-order chi connectivity index (χ0) is 9.56. The number of rotatable bonds is 6. The molecule has 0 rings (SSSR count). The van der Waals surface area contributed by atoms with Crippen molar-refractivity contribution in [3.63, 3.8) is 0 Å². The highest BCUT2D eigenvalue weighted by atomic mass is 14.9. The molecule has 0 aliphatic rings. The second kappa shape index (κ2) is 6.24. The molecule has 1 nitrogen and oxygen atoms in total. The van der Waals surface area contributed by atoms with Gasteiger partial charge in [-0.1, -0.05) is 26.0 Å². The van der Waals surface area contributed by atoms with Crippen LogP contribution in [0.15, 0.2) is 12.2 Å². The maximum atomic E-state index is 3.86. The first-order valence-electron chi connectivity index (χ1n) is 4.90. The van der Waals surface area contributed by atoms with Gasteiger partial charge in [0.05, 0.1) is 0 Å². The molecule has 0 aromatic carbocycles. The standard InChI is InChI=1S/C11H23N/c1-9(2)6-7-11(5)12-8-10(3)4/h9,11-12H,3,6-8H2,1-2,4-5H3. The summed E-state index contributed by atoms with van der Waals surface area (Å²) in [5.74, 6) is 0.819. The van der Waals surface area contributed by atoms with E-state index in [-0.39, 0.29) is 0 Å². The van der Waals surface area contributed by atoms with E-state index in [4.69, 9.17) is 0 Å². The molecule has 72 valence electrons. The van der Waals surface area contributed by atoms with Crippen LogP contribution in [0.25, 0.3) is 0 Å². The van der Waals surface area contributed by atoms with Gasteiger partial charge in [-0.25, -0.2) is 0 Å². The molecule has 0 radical (unpaired) electrons. The molecular weight excluding hydrogens is 146 g/mol. The second-order valence-corrected chi connectivity index (χ2v) is 4.21. The van der Waals surface area contributed by atoms with E-state index >= 15 is 0 Å². The predicted molar refractivity (Wildman–Crippen MR) is 56.4 cm³/mol. The average molecular weight is 169 g/mol. The summed E-state index contributed by atoms with van der Waals surface area (Å²) in [5.41, 5.74) is 1.21. The summed E-state index contributed by atoms with van der Waals surface area (Å²) >= 11 is 0. The molecule has 0 spiro atoms. The van der Waals surface area contributed by atoms with Gasteiger partial charge in [0.1, 0.15) is 0 Å². The molecule has 0 aromatic rings. The van der Waals surface area contributed by atoms with Crippen molar-refractivity contribution in [2.45, 2.75) is 46.6 Å². The molecule has 0 saturated heterocycles. The lowest BCUT2D eigenvalue weighted by molar-refractivity contribution is 0.462. The summed E-state index contributed by atoms with van der Waals surface area (Å²) in [6.45, 7) is 13.7. The first-order chi connectivity index (χ1) is 5.52. The first kappa shape index (κ1) is 11.7. The van der Waals surface area contributed by atoms with Gasteiger partial charge >= 0.3 is 0 Å². The zero-order valence-electron chi connectivity index (χ0n) is 8.98. The average Bonchev–Trinajstić information content (AvgIpc) is 1.96. The van der Waals surface area contributed by atoms with Crippen LogP contribution in [0.4, 0.5) is 0 Å². The Morgan fingerprint density at radius 3 is 2.25 bits per heavy atom. The molecule has 0 saturated carbocycles. The molecule has 0 aromatic heterocycles. The summed E-state index contributed by atoms with van der Waals surface area (Å²) in [5, 5.41) is 3.44. The molecule has 0 aliphatic heterocycles. The Hall–Kier alpha value is -0.300. The van der Waals surface area contributed by atoms with Crippen LogP contribution in [-0.2, 0) is 0 Å². The SMILES string of the molecule is C=C(C)CNC(C)CCC(C)C. The van der Waals surface area contributed by atoms with Crippen LogP contribution in [0.2, 0.25) is 0 Å². The lowest BCUT2D eigenvalue weighted by Gasteiger charge is -2.14. The van der Waals surface area contributed by atoms with E-state index in [1.807, 2.05) is 0 Å². The van der Waals surface area contributed by atoms with Gasteiger partial charge in [-0.3, -0.25) is 0 Å². The molecule has 0 fully saturated rings. The van der Waals surface area contributed by atoms with E-state index in [2.05, 4.69) is 39.6 Å². The van der Waals surface area contributed by atoms with Crippen molar-refractivity contribution in [2.24, 2.45) is 5.92 Å². The van der Waals surface area contributed by atoms with Crippen molar-refractivity contribution >= 4 is 0 Å². The number of hydrogen-bond acceptors (Lipinski definition) is 1. The summed E-state index contributed by atoms with van der Waals surface area (Å²) in [6, 6.07) is 0.629. The molecule has 0 bridgehead atoms. The second-order valence-electron chi connectivity index (χ2n) is 4.21. The Balaban J connectivity index is 3.33. The largest absolute Gasteiger partial charge is 0.311 e. The van der Waals surface area contributed by atoms with Gasteiger partial charge in [0, 0.05) is 12.6 Å². The van der Waals surface area contributed by atoms with Crippen LogP contribution in [0.5, 0.6) is 0 Å². The zero-order valence-corrected chi connectivity index (χ0v) is 8.98. The van der Waals surface area contributed by atoms with Crippen LogP contribution in [-0.4, -0.2) is 12.6 Å². The highest BCUT2D eigenvalue weighted by Crippen LogP contribution is 2.06. The third-order valence-electron chi connectivity index (χ3n) is 1.93. The van der Waals surface area contributed by atoms with E-state index in [9.17, 15) is 0 Å². The van der Waals surface area contributed by atoms with E-state index < -0.39 is 0 Å². The molecule has 1 heteroatoms. The van der Waals surface area contributed by atoms with Crippen molar-refractivity contribution in [3.05, 3.63) is 12.2 Å². The van der Waals surface area contributed by atoms with Crippen molar-refractivity contribution in [1.82, 2.24) is 5.32 Å². The third-order valence-corrected chi connectivity index (χ3v) is 1.93. The Morgan fingerprint density at radius 2 is 1.83 bits per heavy atom. The smallest absolute Gasteiger partial charge is 0.0161 e. The minimum absolute atomic E-state index is 0.629. The normalized spacial score (nSPS) is 13.4. The third kappa shape index (κ3) is 7.80. The van der Waals surface area contributed by atoms with Crippen LogP contribution in [0.1, 0.15) is 40.5 Å². The Labute approximate surface area is 77.2 Å². The molecule has 0 heterocycles. The monoisotopic (exact) mass is 169 g/mol. The summed E-state index contributed by atoms with van der Waals surface area (Å²) in [7, 11) is 0. The van der Waals surface area contributed by atoms with E-state index in [1.165, 1.54) is 18.4 Å². The molecule has 0 aliphatic carbocycles. The molecule has 0 amide bonds. The molecule has 1 N–H and O–H groups in total. The van der Waals surface area contributed by atoms with Crippen LogP contribution in [0.3, 0.4) is 0 Å². The lowest BCUT2D eigenvalue weighted by atomic mass is 10.0. The van der Waals surface area contributed by atoms with Crippen LogP contribution in [0, 0.1) is 5.92 Å². The van der Waals surface area contributed by atoms with Crippen LogP contribution >= 0.6 is 0 Å². The van der Waals surface area contributed by atoms with Gasteiger partial charge in [0.2, 0.25) is 0 Å². The van der Waals surface area contributed by atoms with Crippen molar-refractivity contribution < 1.29 is 0 Å². The Bertz CT molecular complexity index is 127. The highest BCUT2D eigenvalue weighted by molar-refractivity contribution is 4.91. The molecular formula is C11H23N. The van der Waals surface area contributed by atoms with E-state index in [1.54, 1.807) is 0 Å². The van der Waals surface area contributed by atoms with Gasteiger partial charge in [-0.05, 0) is 32.6 Å². The van der Waals surface area contributed by atoms with Crippen molar-refractivity contribution in [1.29, 1.82) is 0 Å². The van der Waals surface area contributed by atoms with Gasteiger partial charge in [-0.15, -0.1) is 0 Å². The quantitative estimate of drug-likeness (QED) is 0.603. The van der Waals surface area contributed by atoms with Crippen molar-refractivity contribution in [2.75, 3.05) is 6.54 Å². The predicted octanol–water partition coefficient (Wildman–Crippen LogP) is 2.98. The summed E-state index contributed by atoms with van der Waals surface area (Å²) in [4.78, 5) is 0. The fourth-order valence-electron chi connectivity index (χ4n) is 1.03. The Kier molecular flexibility index (Phi) is 6.09. The highest BCUT2D eigenvalue weighted by Gasteiger charge is 2.01. The van der Waals surface area contributed by atoms with Crippen LogP contribution < -0.4 is 5.32 Å². The van der Waals surface area contributed by atoms with E-state index in [0.29, 0.717) is 6.04 Å². The Morgan fingerprint density at radius 1 is 1.25 bits per heavy atom. The van der Waals surface area contributed by atoms with Crippen molar-refractivity contribution in [3.8, 4) is 0 Å². The number of hydrogen-bond donors (Lipinski definition) is 1.